The molecule has 0 aromatic rings. The fourth-order valence-corrected chi connectivity index (χ4v) is 1.81. The first-order chi connectivity index (χ1) is 7.19. The van der Waals surface area contributed by atoms with Gasteiger partial charge in [0.15, 0.2) is 0 Å². The highest BCUT2D eigenvalue weighted by Crippen LogP contribution is 2.20. The number of rotatable bonds is 4. The largest absolute Gasteiger partial charge is 0.378 e. The van der Waals surface area contributed by atoms with Crippen molar-refractivity contribution in [3.63, 3.8) is 0 Å². The molecule has 84 valence electrons. The van der Waals surface area contributed by atoms with Gasteiger partial charge >= 0.3 is 0 Å². The molecule has 3 atom stereocenters. The summed E-state index contributed by atoms with van der Waals surface area (Å²) < 4.78 is 5.32. The molecule has 1 saturated heterocycles. The summed E-state index contributed by atoms with van der Waals surface area (Å²) in [4.78, 5) is 11.8. The molecule has 0 aliphatic carbocycles. The molecule has 4 nitrogen and oxygen atoms in total. The average molecular weight is 210 g/mol. The summed E-state index contributed by atoms with van der Waals surface area (Å²) in [5.74, 6) is -0.127. The van der Waals surface area contributed by atoms with Crippen LogP contribution in [-0.4, -0.2) is 24.7 Å². The van der Waals surface area contributed by atoms with Gasteiger partial charge in [-0.15, -0.1) is 0 Å². The molecule has 1 aliphatic rings. The lowest BCUT2D eigenvalue weighted by molar-refractivity contribution is -0.126. The van der Waals surface area contributed by atoms with Gasteiger partial charge in [-0.2, -0.15) is 5.26 Å². The lowest BCUT2D eigenvalue weighted by Crippen LogP contribution is -2.40. The van der Waals surface area contributed by atoms with Crippen LogP contribution in [0.5, 0.6) is 0 Å². The van der Waals surface area contributed by atoms with Crippen molar-refractivity contribution in [2.75, 3.05) is 6.61 Å². The Morgan fingerprint density at radius 3 is 2.93 bits per heavy atom. The highest BCUT2D eigenvalue weighted by Gasteiger charge is 2.31. The molecule has 1 aliphatic heterocycles. The molecule has 0 saturated carbocycles. The van der Waals surface area contributed by atoms with Crippen molar-refractivity contribution in [3.8, 4) is 6.07 Å². The molecule has 1 heterocycles. The summed E-state index contributed by atoms with van der Waals surface area (Å²) in [6.07, 6.45) is 2.35. The maximum Gasteiger partial charge on any atom is 0.226 e. The summed E-state index contributed by atoms with van der Waals surface area (Å²) in [5, 5.41) is 11.6. The smallest absolute Gasteiger partial charge is 0.226 e. The highest BCUT2D eigenvalue weighted by molar-refractivity contribution is 5.80. The Balaban J connectivity index is 2.43. The number of carbonyl (C=O) groups excluding carboxylic acids is 1. The Labute approximate surface area is 90.6 Å². The molecular formula is C11H18N2O2. The predicted molar refractivity (Wildman–Crippen MR) is 56.0 cm³/mol. The van der Waals surface area contributed by atoms with E-state index < -0.39 is 0 Å². The summed E-state index contributed by atoms with van der Waals surface area (Å²) in [6.45, 7) is 4.54. The third kappa shape index (κ3) is 3.21. The second kappa shape index (κ2) is 5.72. The Morgan fingerprint density at radius 1 is 1.73 bits per heavy atom. The molecule has 1 rings (SSSR count). The number of carbonyl (C=O) groups is 1. The first kappa shape index (κ1) is 12.0. The monoisotopic (exact) mass is 210 g/mol. The van der Waals surface area contributed by atoms with Gasteiger partial charge in [-0.25, -0.2) is 0 Å². The minimum atomic E-state index is -0.352. The quantitative estimate of drug-likeness (QED) is 0.758. The first-order valence-corrected chi connectivity index (χ1v) is 5.50. The average Bonchev–Trinajstić information content (AvgIpc) is 2.63. The van der Waals surface area contributed by atoms with E-state index in [0.29, 0.717) is 13.0 Å². The normalized spacial score (nSPS) is 27.0. The third-order valence-electron chi connectivity index (χ3n) is 2.76. The van der Waals surface area contributed by atoms with E-state index in [1.54, 1.807) is 0 Å². The molecular weight excluding hydrogens is 192 g/mol. The van der Waals surface area contributed by atoms with E-state index >= 15 is 0 Å². The van der Waals surface area contributed by atoms with Crippen molar-refractivity contribution in [2.45, 2.75) is 45.3 Å². The second-order valence-corrected chi connectivity index (χ2v) is 3.95. The van der Waals surface area contributed by atoms with Gasteiger partial charge in [-0.3, -0.25) is 4.79 Å². The van der Waals surface area contributed by atoms with Crippen LogP contribution >= 0.6 is 0 Å². The molecule has 15 heavy (non-hydrogen) atoms. The number of amides is 1. The van der Waals surface area contributed by atoms with Crippen molar-refractivity contribution in [1.29, 1.82) is 5.26 Å². The van der Waals surface area contributed by atoms with Crippen LogP contribution in [0.4, 0.5) is 0 Å². The lowest BCUT2D eigenvalue weighted by atomic mass is 10.0. The standard InChI is InChI=1S/C11H18N2O2/c1-3-4-9(7-12)13-11(14)10-5-6-15-8(10)2/h8-10H,3-6H2,1-2H3,(H,13,14). The van der Waals surface area contributed by atoms with Crippen molar-refractivity contribution in [2.24, 2.45) is 5.92 Å². The third-order valence-corrected chi connectivity index (χ3v) is 2.76. The maximum absolute atomic E-state index is 11.8. The van der Waals surface area contributed by atoms with Crippen LogP contribution in [0.1, 0.15) is 33.1 Å². The molecule has 0 spiro atoms. The SMILES string of the molecule is CCCC(C#N)NC(=O)C1CCOC1C. The molecule has 0 aromatic heterocycles. The molecule has 1 fully saturated rings. The summed E-state index contributed by atoms with van der Waals surface area (Å²) in [5.41, 5.74) is 0. The van der Waals surface area contributed by atoms with Crippen LogP contribution in [0, 0.1) is 17.2 Å². The van der Waals surface area contributed by atoms with Crippen LogP contribution in [0.2, 0.25) is 0 Å². The van der Waals surface area contributed by atoms with Gasteiger partial charge in [0.05, 0.1) is 18.1 Å². The van der Waals surface area contributed by atoms with E-state index in [0.717, 1.165) is 12.8 Å². The van der Waals surface area contributed by atoms with Gasteiger partial charge in [0.2, 0.25) is 5.91 Å². The van der Waals surface area contributed by atoms with Gasteiger partial charge in [-0.05, 0) is 19.8 Å². The zero-order valence-corrected chi connectivity index (χ0v) is 9.32. The zero-order chi connectivity index (χ0) is 11.3. The van der Waals surface area contributed by atoms with Crippen molar-refractivity contribution in [1.82, 2.24) is 5.32 Å². The Morgan fingerprint density at radius 2 is 2.47 bits per heavy atom. The van der Waals surface area contributed by atoms with Crippen molar-refractivity contribution >= 4 is 5.91 Å². The van der Waals surface area contributed by atoms with Crippen molar-refractivity contribution < 1.29 is 9.53 Å². The van der Waals surface area contributed by atoms with E-state index in [-0.39, 0.29) is 24.0 Å². The molecule has 0 radical (unpaired) electrons. The number of nitrogens with zero attached hydrogens (tertiary/aromatic N) is 1. The summed E-state index contributed by atoms with van der Waals surface area (Å²) >= 11 is 0. The van der Waals surface area contributed by atoms with Crippen LogP contribution < -0.4 is 5.32 Å². The van der Waals surface area contributed by atoms with Gasteiger partial charge in [-0.1, -0.05) is 13.3 Å². The van der Waals surface area contributed by atoms with E-state index in [4.69, 9.17) is 10.00 Å². The molecule has 1 N–H and O–H groups in total. The van der Waals surface area contributed by atoms with E-state index in [9.17, 15) is 4.79 Å². The van der Waals surface area contributed by atoms with Gasteiger partial charge in [0.25, 0.3) is 0 Å². The molecule has 4 heteroatoms. The summed E-state index contributed by atoms with van der Waals surface area (Å²) in [7, 11) is 0. The Hall–Kier alpha value is -1.08. The Bertz CT molecular complexity index is 260. The van der Waals surface area contributed by atoms with E-state index in [1.807, 2.05) is 13.8 Å². The second-order valence-electron chi connectivity index (χ2n) is 3.95. The molecule has 1 amide bonds. The van der Waals surface area contributed by atoms with Crippen LogP contribution in [-0.2, 0) is 9.53 Å². The topological polar surface area (TPSA) is 62.1 Å². The number of hydrogen-bond acceptors (Lipinski definition) is 3. The molecule has 0 aromatic carbocycles. The summed E-state index contributed by atoms with van der Waals surface area (Å²) in [6, 6.07) is 1.75. The fourth-order valence-electron chi connectivity index (χ4n) is 1.81. The molecule has 0 bridgehead atoms. The van der Waals surface area contributed by atoms with E-state index in [1.165, 1.54) is 0 Å². The van der Waals surface area contributed by atoms with Crippen LogP contribution in [0.15, 0.2) is 0 Å². The Kier molecular flexibility index (Phi) is 4.57. The minimum Gasteiger partial charge on any atom is -0.378 e. The molecule has 3 unspecified atom stereocenters. The number of nitriles is 1. The predicted octanol–water partition coefficient (Wildman–Crippen LogP) is 1.22. The zero-order valence-electron chi connectivity index (χ0n) is 9.32. The van der Waals surface area contributed by atoms with Crippen molar-refractivity contribution in [3.05, 3.63) is 0 Å². The number of nitrogens with one attached hydrogen (secondary N) is 1. The fraction of sp³-hybridized carbons (Fsp3) is 0.818. The highest BCUT2D eigenvalue weighted by atomic mass is 16.5. The lowest BCUT2D eigenvalue weighted by Gasteiger charge is -2.16. The number of ether oxygens (including phenoxy) is 1. The maximum atomic E-state index is 11.8. The number of hydrogen-bond donors (Lipinski definition) is 1. The van der Waals surface area contributed by atoms with Gasteiger partial charge < -0.3 is 10.1 Å². The van der Waals surface area contributed by atoms with Gasteiger partial charge in [0, 0.05) is 6.61 Å². The minimum absolute atomic E-state index is 0.0223. The van der Waals surface area contributed by atoms with Gasteiger partial charge in [0.1, 0.15) is 6.04 Å². The van der Waals surface area contributed by atoms with Crippen LogP contribution in [0.3, 0.4) is 0 Å². The first-order valence-electron chi connectivity index (χ1n) is 5.50. The van der Waals surface area contributed by atoms with Crippen LogP contribution in [0.25, 0.3) is 0 Å². The van der Waals surface area contributed by atoms with E-state index in [2.05, 4.69) is 11.4 Å².